The number of benzene rings is 1. The van der Waals surface area contributed by atoms with Crippen LogP contribution >= 0.6 is 0 Å². The van der Waals surface area contributed by atoms with Crippen molar-refractivity contribution in [2.24, 2.45) is 0 Å². The van der Waals surface area contributed by atoms with Crippen LogP contribution in [-0.4, -0.2) is 24.5 Å². The van der Waals surface area contributed by atoms with Crippen LogP contribution < -0.4 is 4.72 Å². The second-order valence-electron chi connectivity index (χ2n) is 4.83. The summed E-state index contributed by atoms with van der Waals surface area (Å²) in [5.74, 6) is -2.13. The summed E-state index contributed by atoms with van der Waals surface area (Å²) in [4.78, 5) is 14.4. The number of carboxylic acids is 1. The van der Waals surface area contributed by atoms with Gasteiger partial charge in [-0.3, -0.25) is 4.72 Å². The number of aryl methyl sites for hydroxylation is 2. The molecule has 11 heteroatoms. The van der Waals surface area contributed by atoms with Crippen molar-refractivity contribution in [2.45, 2.75) is 25.2 Å². The molecule has 1 heterocycles. The van der Waals surface area contributed by atoms with Gasteiger partial charge in [0.25, 0.3) is 0 Å². The van der Waals surface area contributed by atoms with E-state index in [0.717, 1.165) is 12.1 Å². The van der Waals surface area contributed by atoms with Crippen LogP contribution in [0.1, 0.15) is 27.4 Å². The van der Waals surface area contributed by atoms with Gasteiger partial charge < -0.3 is 9.52 Å². The molecule has 0 aliphatic carbocycles. The number of anilines is 1. The molecule has 0 saturated heterocycles. The van der Waals surface area contributed by atoms with Gasteiger partial charge in [-0.15, -0.1) is 0 Å². The van der Waals surface area contributed by atoms with Crippen molar-refractivity contribution in [3.8, 4) is 0 Å². The van der Waals surface area contributed by atoms with E-state index in [4.69, 9.17) is 5.11 Å². The predicted octanol–water partition coefficient (Wildman–Crippen LogP) is 2.81. The number of nitrogens with zero attached hydrogens (tertiary/aromatic N) is 1. The summed E-state index contributed by atoms with van der Waals surface area (Å²) in [6, 6.07) is 2.44. The van der Waals surface area contributed by atoms with Gasteiger partial charge in [-0.1, -0.05) is 0 Å². The molecule has 2 aromatic rings. The monoisotopic (exact) mass is 364 g/mol. The smallest absolute Gasteiger partial charge is 0.416 e. The summed E-state index contributed by atoms with van der Waals surface area (Å²) in [5, 5.41) is 7.94. The van der Waals surface area contributed by atoms with Crippen LogP contribution in [0.2, 0.25) is 0 Å². The van der Waals surface area contributed by atoms with Crippen molar-refractivity contribution in [2.75, 3.05) is 4.72 Å². The molecule has 2 rings (SSSR count). The largest absolute Gasteiger partial charge is 0.475 e. The van der Waals surface area contributed by atoms with Gasteiger partial charge in [0.15, 0.2) is 0 Å². The van der Waals surface area contributed by atoms with E-state index < -0.39 is 38.7 Å². The van der Waals surface area contributed by atoms with Crippen LogP contribution in [0.5, 0.6) is 0 Å². The first kappa shape index (κ1) is 17.8. The molecule has 1 aromatic heterocycles. The Morgan fingerprint density at radius 2 is 1.92 bits per heavy atom. The predicted molar refractivity (Wildman–Crippen MR) is 75.2 cm³/mol. The summed E-state index contributed by atoms with van der Waals surface area (Å²) in [6.45, 7) is 2.53. The third-order valence-electron chi connectivity index (χ3n) is 3.00. The molecule has 7 nitrogen and oxygen atoms in total. The van der Waals surface area contributed by atoms with E-state index in [1.807, 2.05) is 4.72 Å². The van der Waals surface area contributed by atoms with Crippen molar-refractivity contribution >= 4 is 21.7 Å². The van der Waals surface area contributed by atoms with E-state index in [-0.39, 0.29) is 16.9 Å². The highest BCUT2D eigenvalue weighted by molar-refractivity contribution is 7.92. The first-order valence-corrected chi connectivity index (χ1v) is 7.81. The Morgan fingerprint density at radius 1 is 1.29 bits per heavy atom. The maximum Gasteiger partial charge on any atom is 0.416 e. The lowest BCUT2D eigenvalue weighted by atomic mass is 10.1. The van der Waals surface area contributed by atoms with E-state index in [1.54, 1.807) is 0 Å². The molecule has 0 amide bonds. The minimum atomic E-state index is -4.56. The number of carboxylic acid groups (broad SMARTS) is 1. The zero-order valence-electron chi connectivity index (χ0n) is 12.3. The molecule has 0 aliphatic rings. The number of aromatic nitrogens is 1. The van der Waals surface area contributed by atoms with Gasteiger partial charge in [-0.2, -0.15) is 21.6 Å². The van der Waals surface area contributed by atoms with Crippen LogP contribution in [-0.2, 0) is 16.2 Å². The lowest BCUT2D eigenvalue weighted by Crippen LogP contribution is -2.15. The Morgan fingerprint density at radius 3 is 2.38 bits per heavy atom. The van der Waals surface area contributed by atoms with E-state index in [9.17, 15) is 26.4 Å². The Hall–Kier alpha value is -2.56. The topological polar surface area (TPSA) is 110 Å². The molecule has 130 valence electrons. The summed E-state index contributed by atoms with van der Waals surface area (Å²) >= 11 is 0. The quantitative estimate of drug-likeness (QED) is 0.863. The van der Waals surface area contributed by atoms with E-state index in [2.05, 4.69) is 9.40 Å². The number of carbonyl (C=O) groups is 1. The molecule has 0 unspecified atom stereocenters. The zero-order valence-corrected chi connectivity index (χ0v) is 13.1. The van der Waals surface area contributed by atoms with Gasteiger partial charge in [0.2, 0.25) is 5.76 Å². The van der Waals surface area contributed by atoms with Crippen LogP contribution in [0.3, 0.4) is 0 Å². The van der Waals surface area contributed by atoms with Gasteiger partial charge >= 0.3 is 27.4 Å². The summed E-state index contributed by atoms with van der Waals surface area (Å²) in [7, 11) is -4.39. The molecule has 1 aromatic carbocycles. The molecular weight excluding hydrogens is 353 g/mol. The molecule has 0 spiro atoms. The third kappa shape index (κ3) is 3.50. The molecule has 0 fully saturated rings. The average molecular weight is 364 g/mol. The van der Waals surface area contributed by atoms with Gasteiger partial charge in [0.1, 0.15) is 0 Å². The molecule has 24 heavy (non-hydrogen) atoms. The van der Waals surface area contributed by atoms with Crippen molar-refractivity contribution in [1.29, 1.82) is 0 Å². The lowest BCUT2D eigenvalue weighted by molar-refractivity contribution is -0.137. The van der Waals surface area contributed by atoms with Crippen LogP contribution in [0.25, 0.3) is 0 Å². The highest BCUT2D eigenvalue weighted by Gasteiger charge is 2.31. The molecule has 0 saturated carbocycles. The molecular formula is C13H11F3N2O5S. The fourth-order valence-corrected chi connectivity index (χ4v) is 2.88. The number of hydrogen-bond donors (Lipinski definition) is 2. The SMILES string of the molecule is Cc1cc(C(F)(F)F)ccc1NS(=O)(=O)c1nc(C)c(C(=O)O)o1. The lowest BCUT2D eigenvalue weighted by Gasteiger charge is -2.12. The molecule has 0 bridgehead atoms. The number of alkyl halides is 3. The standard InChI is InChI=1S/C13H11F3N2O5S/c1-6-5-8(13(14,15)16)3-4-9(6)18-24(21,22)12-17-7(2)10(23-12)11(19)20/h3-5,18H,1-2H3,(H,19,20). The summed E-state index contributed by atoms with van der Waals surface area (Å²) < 4.78 is 68.8. The molecule has 0 atom stereocenters. The normalized spacial score (nSPS) is 12.2. The van der Waals surface area contributed by atoms with Crippen molar-refractivity contribution in [3.05, 3.63) is 40.8 Å². The number of nitrogens with one attached hydrogen (secondary N) is 1. The number of rotatable bonds is 4. The third-order valence-corrected chi connectivity index (χ3v) is 4.12. The Labute approximate surface area is 134 Å². The second-order valence-corrected chi connectivity index (χ2v) is 6.39. The maximum atomic E-state index is 12.6. The van der Waals surface area contributed by atoms with E-state index in [1.165, 1.54) is 13.8 Å². The van der Waals surface area contributed by atoms with Crippen molar-refractivity contribution in [1.82, 2.24) is 4.98 Å². The van der Waals surface area contributed by atoms with Gasteiger partial charge in [-0.05, 0) is 37.6 Å². The minimum Gasteiger partial charge on any atom is -0.475 e. The van der Waals surface area contributed by atoms with Gasteiger partial charge in [0, 0.05) is 0 Å². The fraction of sp³-hybridized carbons (Fsp3) is 0.231. The van der Waals surface area contributed by atoms with Gasteiger partial charge in [-0.25, -0.2) is 9.78 Å². The van der Waals surface area contributed by atoms with Crippen molar-refractivity contribution < 1.29 is 35.9 Å². The maximum absolute atomic E-state index is 12.6. The van der Waals surface area contributed by atoms with E-state index >= 15 is 0 Å². The van der Waals surface area contributed by atoms with Gasteiger partial charge in [0.05, 0.1) is 16.9 Å². The zero-order chi connectivity index (χ0) is 18.3. The van der Waals surface area contributed by atoms with Crippen molar-refractivity contribution in [3.63, 3.8) is 0 Å². The second kappa shape index (κ2) is 5.82. The fourth-order valence-electron chi connectivity index (χ4n) is 1.83. The van der Waals surface area contributed by atoms with Crippen LogP contribution in [0, 0.1) is 13.8 Å². The summed E-state index contributed by atoms with van der Waals surface area (Å²) in [5.41, 5.74) is -1.17. The molecule has 2 N–H and O–H groups in total. The first-order chi connectivity index (χ1) is 10.9. The number of oxazole rings is 1. The van der Waals surface area contributed by atoms with Crippen LogP contribution in [0.4, 0.5) is 18.9 Å². The highest BCUT2D eigenvalue weighted by atomic mass is 32.2. The first-order valence-electron chi connectivity index (χ1n) is 6.33. The number of halogens is 3. The number of hydrogen-bond acceptors (Lipinski definition) is 5. The van der Waals surface area contributed by atoms with Crippen LogP contribution in [0.15, 0.2) is 27.8 Å². The summed E-state index contributed by atoms with van der Waals surface area (Å²) in [6.07, 6.45) is -4.56. The average Bonchev–Trinajstić information content (AvgIpc) is 2.83. The Bertz CT molecular complexity index is 903. The van der Waals surface area contributed by atoms with E-state index in [0.29, 0.717) is 6.07 Å². The Balaban J connectivity index is 2.36. The Kier molecular flexibility index (Phi) is 4.31. The minimum absolute atomic E-state index is 0.0233. The number of aromatic carboxylic acids is 1. The highest BCUT2D eigenvalue weighted by Crippen LogP contribution is 2.32. The number of sulfonamides is 1. The molecule has 0 aliphatic heterocycles. The molecule has 0 radical (unpaired) electrons.